The molecule has 2 aromatic carbocycles. The lowest BCUT2D eigenvalue weighted by molar-refractivity contribution is -0.143. The van der Waals surface area contributed by atoms with Gasteiger partial charge in [-0.1, -0.05) is 29.3 Å². The highest BCUT2D eigenvalue weighted by atomic mass is 35.5. The molecule has 0 radical (unpaired) electrons. The summed E-state index contributed by atoms with van der Waals surface area (Å²) in [5.41, 5.74) is -5.19. The maximum atomic E-state index is 13.3. The summed E-state index contributed by atoms with van der Waals surface area (Å²) >= 11 is 12.1. The lowest BCUT2D eigenvalue weighted by Crippen LogP contribution is -2.52. The summed E-state index contributed by atoms with van der Waals surface area (Å²) in [7, 11) is -3.86. The Balaban J connectivity index is 2.01. The van der Waals surface area contributed by atoms with E-state index < -0.39 is 57.3 Å². The second-order valence-corrected chi connectivity index (χ2v) is 10.7. The molecule has 1 atom stereocenters. The van der Waals surface area contributed by atoms with Gasteiger partial charge in [-0.05, 0) is 35.9 Å². The van der Waals surface area contributed by atoms with Crippen molar-refractivity contribution in [2.75, 3.05) is 32.6 Å². The fraction of sp³-hybridized carbons (Fsp3) is 0.409. The predicted octanol–water partition coefficient (Wildman–Crippen LogP) is 5.77. The molecule has 1 amide bonds. The minimum Gasteiger partial charge on any atom is -0.366 e. The summed E-state index contributed by atoms with van der Waals surface area (Å²) in [4.78, 5) is 14.2. The van der Waals surface area contributed by atoms with Crippen molar-refractivity contribution in [3.8, 4) is 0 Å². The number of carbonyl (C=O) groups excluding carboxylic acids is 1. The Morgan fingerprint density at radius 3 is 2.14 bits per heavy atom. The van der Waals surface area contributed by atoms with E-state index in [0.29, 0.717) is 17.7 Å². The molecule has 0 spiro atoms. The van der Waals surface area contributed by atoms with Crippen molar-refractivity contribution in [1.29, 1.82) is 0 Å². The van der Waals surface area contributed by atoms with Crippen LogP contribution in [0.5, 0.6) is 0 Å². The summed E-state index contributed by atoms with van der Waals surface area (Å²) in [6.07, 6.45) is -9.59. The van der Waals surface area contributed by atoms with E-state index in [9.17, 15) is 39.6 Å². The Labute approximate surface area is 218 Å². The number of benzene rings is 2. The van der Waals surface area contributed by atoms with E-state index in [0.717, 1.165) is 11.2 Å². The Hall–Kier alpha value is -2.06. The van der Waals surface area contributed by atoms with Crippen molar-refractivity contribution < 1.29 is 48.5 Å². The lowest BCUT2D eigenvalue weighted by Gasteiger charge is -2.43. The normalized spacial score (nSPS) is 19.2. The maximum Gasteiger partial charge on any atom is 0.416 e. The fourth-order valence-corrected chi connectivity index (χ4v) is 4.51. The number of alkyl halides is 6. The van der Waals surface area contributed by atoms with Gasteiger partial charge in [-0.15, -0.1) is 0 Å². The topological polar surface area (TPSA) is 72.9 Å². The first-order valence-electron chi connectivity index (χ1n) is 10.4. The van der Waals surface area contributed by atoms with E-state index in [1.807, 2.05) is 0 Å². The van der Waals surface area contributed by atoms with E-state index in [-0.39, 0.29) is 42.2 Å². The molecule has 37 heavy (non-hydrogen) atoms. The van der Waals surface area contributed by atoms with E-state index in [4.69, 9.17) is 32.1 Å². The number of halogens is 8. The molecule has 1 heterocycles. The van der Waals surface area contributed by atoms with Crippen LogP contribution in [0.15, 0.2) is 36.4 Å². The highest BCUT2D eigenvalue weighted by Gasteiger charge is 2.42. The molecule has 1 aliphatic heterocycles. The van der Waals surface area contributed by atoms with Crippen LogP contribution in [-0.4, -0.2) is 51.8 Å². The van der Waals surface area contributed by atoms with Gasteiger partial charge in [0.1, 0.15) is 5.60 Å². The number of ether oxygens (including phenoxy) is 1. The zero-order valence-corrected chi connectivity index (χ0v) is 21.2. The van der Waals surface area contributed by atoms with Crippen LogP contribution in [0.2, 0.25) is 10.0 Å². The molecule has 0 saturated carbocycles. The molecule has 2 aromatic rings. The number of rotatable bonds is 6. The van der Waals surface area contributed by atoms with E-state index in [1.54, 1.807) is 0 Å². The van der Waals surface area contributed by atoms with Crippen LogP contribution in [0.1, 0.15) is 33.5 Å². The quantitative estimate of drug-likeness (QED) is 0.314. The summed E-state index contributed by atoms with van der Waals surface area (Å²) in [5, 5.41) is 0.280. The van der Waals surface area contributed by atoms with Gasteiger partial charge in [0.2, 0.25) is 0 Å². The third-order valence-electron chi connectivity index (χ3n) is 5.56. The number of carbonyl (C=O) groups is 1. The number of hydrogen-bond donors (Lipinski definition) is 0. The average Bonchev–Trinajstić information content (AvgIpc) is 2.78. The van der Waals surface area contributed by atoms with Gasteiger partial charge >= 0.3 is 12.4 Å². The summed E-state index contributed by atoms with van der Waals surface area (Å²) in [5.74, 6) is -1.10. The number of nitrogens with zero attached hydrogens (tertiary/aromatic N) is 1. The summed E-state index contributed by atoms with van der Waals surface area (Å²) in [6, 6.07) is 4.95. The fourth-order valence-electron chi connectivity index (χ4n) is 3.83. The van der Waals surface area contributed by atoms with Gasteiger partial charge in [-0.25, -0.2) is 0 Å². The van der Waals surface area contributed by atoms with Crippen LogP contribution >= 0.6 is 23.2 Å². The third kappa shape index (κ3) is 7.29. The van der Waals surface area contributed by atoms with Gasteiger partial charge in [0, 0.05) is 18.5 Å². The Morgan fingerprint density at radius 1 is 1.03 bits per heavy atom. The molecule has 3 rings (SSSR count). The van der Waals surface area contributed by atoms with Crippen LogP contribution in [0.3, 0.4) is 0 Å². The van der Waals surface area contributed by atoms with Crippen molar-refractivity contribution in [3.63, 3.8) is 0 Å². The molecule has 0 aliphatic carbocycles. The second kappa shape index (κ2) is 10.6. The van der Waals surface area contributed by atoms with Crippen LogP contribution < -0.4 is 0 Å². The molecule has 1 aliphatic rings. The first-order chi connectivity index (χ1) is 16.9. The average molecular weight is 594 g/mol. The lowest BCUT2D eigenvalue weighted by atomic mass is 9.88. The van der Waals surface area contributed by atoms with Gasteiger partial charge in [0.15, 0.2) is 0 Å². The molecular formula is C22H19Cl2F6NO5S. The monoisotopic (exact) mass is 593 g/mol. The van der Waals surface area contributed by atoms with Crippen molar-refractivity contribution in [1.82, 2.24) is 4.90 Å². The highest BCUT2D eigenvalue weighted by Crippen LogP contribution is 2.39. The smallest absolute Gasteiger partial charge is 0.366 e. The molecule has 15 heteroatoms. The molecule has 0 N–H and O–H groups in total. The Kier molecular flexibility index (Phi) is 8.45. The van der Waals surface area contributed by atoms with Gasteiger partial charge in [0.05, 0.1) is 47.2 Å². The Morgan fingerprint density at radius 2 is 1.62 bits per heavy atom. The summed E-state index contributed by atoms with van der Waals surface area (Å²) < 4.78 is 113. The van der Waals surface area contributed by atoms with Crippen LogP contribution in [0, 0.1) is 0 Å². The molecule has 204 valence electrons. The Bertz CT molecular complexity index is 1250. The van der Waals surface area contributed by atoms with Gasteiger partial charge < -0.3 is 9.64 Å². The van der Waals surface area contributed by atoms with Crippen LogP contribution in [-0.2, 0) is 37.0 Å². The molecular weight excluding hydrogens is 575 g/mol. The minimum atomic E-state index is -5.13. The van der Waals surface area contributed by atoms with Crippen molar-refractivity contribution in [2.24, 2.45) is 0 Å². The molecule has 0 bridgehead atoms. The van der Waals surface area contributed by atoms with Crippen LogP contribution in [0.25, 0.3) is 0 Å². The molecule has 1 saturated heterocycles. The van der Waals surface area contributed by atoms with Gasteiger partial charge in [-0.2, -0.15) is 34.8 Å². The SMILES string of the molecule is CS(=O)(=O)OCC[C@]1(c2ccc(Cl)c(Cl)c2)CN(C(=O)c2cc(C(F)(F)F)cc(C(F)(F)F)c2)CCO1. The largest absolute Gasteiger partial charge is 0.416 e. The molecule has 6 nitrogen and oxygen atoms in total. The predicted molar refractivity (Wildman–Crippen MR) is 122 cm³/mol. The van der Waals surface area contributed by atoms with Gasteiger partial charge in [-0.3, -0.25) is 8.98 Å². The van der Waals surface area contributed by atoms with E-state index in [2.05, 4.69) is 0 Å². The van der Waals surface area contributed by atoms with Crippen molar-refractivity contribution in [2.45, 2.75) is 24.4 Å². The molecule has 0 aromatic heterocycles. The second-order valence-electron chi connectivity index (χ2n) is 8.27. The van der Waals surface area contributed by atoms with Crippen molar-refractivity contribution in [3.05, 3.63) is 68.7 Å². The maximum absolute atomic E-state index is 13.3. The number of hydrogen-bond acceptors (Lipinski definition) is 5. The minimum absolute atomic E-state index is 0.0708. The van der Waals surface area contributed by atoms with E-state index >= 15 is 0 Å². The molecule has 0 unspecified atom stereocenters. The summed E-state index contributed by atoms with van der Waals surface area (Å²) in [6.45, 7) is -1.08. The zero-order valence-electron chi connectivity index (χ0n) is 18.9. The number of amides is 1. The van der Waals surface area contributed by atoms with Crippen molar-refractivity contribution >= 4 is 39.2 Å². The molecule has 1 fully saturated rings. The number of morpholine rings is 1. The first kappa shape index (κ1) is 29.5. The standard InChI is InChI=1S/C22H19Cl2F6NO5S/c1-37(33,34)36-6-4-20(14-2-3-17(23)18(24)11-14)12-31(5-7-35-20)19(32)13-8-15(21(25,26)27)10-16(9-13)22(28,29)30/h2-3,8-11H,4-7,12H2,1H3/t20-/m1/s1. The zero-order chi connectivity index (χ0) is 27.8. The highest BCUT2D eigenvalue weighted by molar-refractivity contribution is 7.85. The van der Waals surface area contributed by atoms with Crippen LogP contribution in [0.4, 0.5) is 26.3 Å². The van der Waals surface area contributed by atoms with E-state index in [1.165, 1.54) is 18.2 Å². The van der Waals surface area contributed by atoms with Gasteiger partial charge in [0.25, 0.3) is 16.0 Å². The third-order valence-corrected chi connectivity index (χ3v) is 6.89. The first-order valence-corrected chi connectivity index (χ1v) is 13.0.